The third-order valence-electron chi connectivity index (χ3n) is 6.06. The Kier molecular flexibility index (Phi) is 10.7. The van der Waals surface area contributed by atoms with Gasteiger partial charge in [-0.3, -0.25) is 10.4 Å². The maximum Gasteiger partial charge on any atom is 0.490 e. The molecule has 4 aromatic rings. The number of benzene rings is 3. The Balaban J connectivity index is 0.000000676. The Hall–Kier alpha value is -5.41. The highest BCUT2D eigenvalue weighted by molar-refractivity contribution is 5.94. The highest BCUT2D eigenvalue weighted by Crippen LogP contribution is 2.36. The third-order valence-corrected chi connectivity index (χ3v) is 6.06. The van der Waals surface area contributed by atoms with Crippen molar-refractivity contribution >= 4 is 17.5 Å². The molecule has 3 aromatic carbocycles. The fraction of sp³-hybridized carbons (Fsp3) is 0.214. The summed E-state index contributed by atoms with van der Waals surface area (Å²) in [5, 5.41) is 19.2. The first-order chi connectivity index (χ1) is 20.8. The number of anilines is 1. The number of nitrogens with one attached hydrogen (secondary N) is 2. The summed E-state index contributed by atoms with van der Waals surface area (Å²) >= 11 is 0. The quantitative estimate of drug-likeness (QED) is 0.0763. The van der Waals surface area contributed by atoms with Crippen LogP contribution in [0.25, 0.3) is 5.69 Å². The number of ether oxygens (including phenoxy) is 2. The number of amidine groups is 1. The number of H-pyrrole nitrogens is 1. The summed E-state index contributed by atoms with van der Waals surface area (Å²) in [5.41, 5.74) is 13.2. The van der Waals surface area contributed by atoms with Gasteiger partial charge in [0, 0.05) is 17.2 Å². The van der Waals surface area contributed by atoms with Gasteiger partial charge in [0.1, 0.15) is 30.7 Å². The molecule has 16 heteroatoms. The van der Waals surface area contributed by atoms with E-state index in [-0.39, 0.29) is 41.8 Å². The van der Waals surface area contributed by atoms with Crippen LogP contribution in [0.1, 0.15) is 28.4 Å². The molecule has 0 aliphatic carbocycles. The molecular weight excluding hydrogens is 595 g/mol. The average Bonchev–Trinajstić information content (AvgIpc) is 3.36. The number of para-hydroxylation sites is 2. The number of hydrogen-bond acceptors (Lipinski definition) is 7. The second kappa shape index (κ2) is 14.2. The first-order valence-electron chi connectivity index (χ1n) is 12.6. The molecule has 1 unspecified atom stereocenters. The third kappa shape index (κ3) is 8.11. The molecule has 7 N–H and O–H groups in total. The van der Waals surface area contributed by atoms with Crippen molar-refractivity contribution in [3.63, 3.8) is 0 Å². The number of nitrogens with zero attached hydrogens (tertiary/aromatic N) is 2. The molecule has 0 saturated heterocycles. The van der Waals surface area contributed by atoms with Crippen molar-refractivity contribution in [1.29, 1.82) is 5.41 Å². The van der Waals surface area contributed by atoms with Crippen molar-refractivity contribution in [3.8, 4) is 17.2 Å². The van der Waals surface area contributed by atoms with E-state index in [0.29, 0.717) is 16.9 Å². The van der Waals surface area contributed by atoms with Gasteiger partial charge in [-0.15, -0.1) is 5.10 Å². The molecule has 234 valence electrons. The minimum atomic E-state index is -5.08. The standard InChI is InChI=1S/C26H26F2N6O3.C2HF3O2/c1-36-17-13-18(23(28)22(14-17)37-11-10-27)19(12-15-6-8-16(9-7-15)24(30)31)25-32-26(35)34(33-25)21-5-3-2-4-20(21)29;3-2(4,5)1(6)7/h2-9,13-14,19H,10-12,29H2,1H3,(H3,30,31)(H,32,33,35);(H,6,7). The van der Waals surface area contributed by atoms with E-state index in [1.54, 1.807) is 48.5 Å². The normalized spacial score (nSPS) is 11.7. The van der Waals surface area contributed by atoms with Crippen molar-refractivity contribution in [1.82, 2.24) is 14.8 Å². The Morgan fingerprint density at radius 2 is 1.80 bits per heavy atom. The van der Waals surface area contributed by atoms with Crippen LogP contribution in [0, 0.1) is 11.2 Å². The van der Waals surface area contributed by atoms with Gasteiger partial charge in [0.2, 0.25) is 0 Å². The highest BCUT2D eigenvalue weighted by atomic mass is 19.4. The summed E-state index contributed by atoms with van der Waals surface area (Å²) in [6.45, 7) is -1.13. The summed E-state index contributed by atoms with van der Waals surface area (Å²) in [7, 11) is 1.42. The van der Waals surface area contributed by atoms with E-state index in [0.717, 1.165) is 10.2 Å². The zero-order valence-electron chi connectivity index (χ0n) is 23.0. The lowest BCUT2D eigenvalue weighted by atomic mass is 9.90. The topological polar surface area (TPSA) is 182 Å². The number of carboxylic acids is 1. The monoisotopic (exact) mass is 622 g/mol. The zero-order chi connectivity index (χ0) is 32.6. The van der Waals surface area contributed by atoms with E-state index in [2.05, 4.69) is 10.1 Å². The van der Waals surface area contributed by atoms with Crippen molar-refractivity contribution < 1.29 is 41.3 Å². The Bertz CT molecular complexity index is 1670. The Morgan fingerprint density at radius 3 is 2.34 bits per heavy atom. The van der Waals surface area contributed by atoms with Crippen molar-refractivity contribution in [2.45, 2.75) is 18.5 Å². The minimum Gasteiger partial charge on any atom is -0.497 e. The van der Waals surface area contributed by atoms with E-state index >= 15 is 4.39 Å². The van der Waals surface area contributed by atoms with Crippen molar-refractivity contribution in [3.05, 3.63) is 99.5 Å². The fourth-order valence-electron chi connectivity index (χ4n) is 3.97. The molecule has 0 saturated carbocycles. The molecule has 4 rings (SSSR count). The van der Waals surface area contributed by atoms with Gasteiger partial charge < -0.3 is 26.0 Å². The number of halogens is 5. The molecular formula is C28H27F5N6O5. The maximum absolute atomic E-state index is 15.7. The van der Waals surface area contributed by atoms with Crippen LogP contribution < -0.4 is 26.6 Å². The van der Waals surface area contributed by atoms with Crippen LogP contribution >= 0.6 is 0 Å². The first-order valence-corrected chi connectivity index (χ1v) is 12.6. The Morgan fingerprint density at radius 1 is 1.16 bits per heavy atom. The first kappa shape index (κ1) is 33.1. The molecule has 0 radical (unpaired) electrons. The molecule has 1 aromatic heterocycles. The van der Waals surface area contributed by atoms with Crippen LogP contribution in [0.2, 0.25) is 0 Å². The second-order valence-corrected chi connectivity index (χ2v) is 9.02. The van der Waals surface area contributed by atoms with Gasteiger partial charge in [0.25, 0.3) is 0 Å². The smallest absolute Gasteiger partial charge is 0.490 e. The number of methoxy groups -OCH3 is 1. The number of rotatable bonds is 10. The lowest BCUT2D eigenvalue weighted by molar-refractivity contribution is -0.192. The number of aromatic nitrogens is 3. The van der Waals surface area contributed by atoms with Crippen LogP contribution in [0.5, 0.6) is 11.5 Å². The van der Waals surface area contributed by atoms with Crippen LogP contribution in [0.15, 0.2) is 65.5 Å². The maximum atomic E-state index is 15.7. The summed E-state index contributed by atoms with van der Waals surface area (Å²) < 4.78 is 72.0. The van der Waals surface area contributed by atoms with Gasteiger partial charge in [-0.25, -0.2) is 18.4 Å². The average molecular weight is 623 g/mol. The lowest BCUT2D eigenvalue weighted by Gasteiger charge is -2.19. The number of aromatic amines is 1. The van der Waals surface area contributed by atoms with E-state index in [1.807, 2.05) is 0 Å². The molecule has 1 atom stereocenters. The van der Waals surface area contributed by atoms with Gasteiger partial charge in [-0.2, -0.15) is 17.9 Å². The van der Waals surface area contributed by atoms with Crippen LogP contribution in [-0.2, 0) is 11.2 Å². The van der Waals surface area contributed by atoms with E-state index < -0.39 is 36.2 Å². The van der Waals surface area contributed by atoms with Crippen LogP contribution in [0.4, 0.5) is 27.6 Å². The lowest BCUT2D eigenvalue weighted by Crippen LogP contribution is -2.21. The number of aliphatic carboxylic acids is 1. The molecule has 0 spiro atoms. The van der Waals surface area contributed by atoms with Gasteiger partial charge in [-0.1, -0.05) is 36.4 Å². The molecule has 44 heavy (non-hydrogen) atoms. The van der Waals surface area contributed by atoms with Crippen LogP contribution in [-0.4, -0.2) is 58.2 Å². The molecule has 0 amide bonds. The zero-order valence-corrected chi connectivity index (χ0v) is 23.0. The summed E-state index contributed by atoms with van der Waals surface area (Å²) in [4.78, 5) is 24.5. The molecule has 0 bridgehead atoms. The predicted octanol–water partition coefficient (Wildman–Crippen LogP) is 3.93. The van der Waals surface area contributed by atoms with Crippen molar-refractivity contribution in [2.24, 2.45) is 5.73 Å². The number of carbonyl (C=O) groups is 1. The molecule has 0 aliphatic rings. The van der Waals surface area contributed by atoms with Gasteiger partial charge >= 0.3 is 17.8 Å². The summed E-state index contributed by atoms with van der Waals surface area (Å²) in [5.74, 6) is -4.09. The van der Waals surface area contributed by atoms with Crippen molar-refractivity contribution in [2.75, 3.05) is 26.1 Å². The molecule has 1 heterocycles. The van der Waals surface area contributed by atoms with E-state index in [9.17, 15) is 22.4 Å². The van der Waals surface area contributed by atoms with Gasteiger partial charge in [0.15, 0.2) is 11.6 Å². The Labute approximate surface area is 246 Å². The summed E-state index contributed by atoms with van der Waals surface area (Å²) in [6.07, 6.45) is -4.87. The number of alkyl halides is 4. The van der Waals surface area contributed by atoms with E-state index in [4.69, 9.17) is 36.3 Å². The molecule has 0 fully saturated rings. The summed E-state index contributed by atoms with van der Waals surface area (Å²) in [6, 6.07) is 16.4. The molecule has 0 aliphatic heterocycles. The molecule has 11 nitrogen and oxygen atoms in total. The van der Waals surface area contributed by atoms with E-state index in [1.165, 1.54) is 19.2 Å². The number of nitrogens with two attached hydrogens (primary N) is 2. The highest BCUT2D eigenvalue weighted by Gasteiger charge is 2.38. The largest absolute Gasteiger partial charge is 0.497 e. The number of nitrogen functional groups attached to an aromatic ring is 2. The minimum absolute atomic E-state index is 0.0832. The number of carboxylic acid groups (broad SMARTS) is 1. The predicted molar refractivity (Wildman–Crippen MR) is 150 cm³/mol. The fourth-order valence-corrected chi connectivity index (χ4v) is 3.97. The van der Waals surface area contributed by atoms with Crippen LogP contribution in [0.3, 0.4) is 0 Å². The van der Waals surface area contributed by atoms with Gasteiger partial charge in [-0.05, 0) is 30.2 Å². The SMILES string of the molecule is COc1cc(OCCF)c(F)c(C(Cc2ccc(C(=N)N)cc2)c2nn(-c3ccccc3N)c(=O)[nH]2)c1.O=C(O)C(F)(F)F. The number of hydrogen-bond donors (Lipinski definition) is 5. The second-order valence-electron chi connectivity index (χ2n) is 9.02. The van der Waals surface area contributed by atoms with Gasteiger partial charge in [0.05, 0.1) is 24.4 Å².